The molecule has 0 spiro atoms. The van der Waals surface area contributed by atoms with Crippen molar-refractivity contribution in [3.63, 3.8) is 0 Å². The Hall–Kier alpha value is -0.690. The monoisotopic (exact) mass is 352 g/mol. The minimum atomic E-state index is -0.334. The molecule has 84 valence electrons. The van der Waals surface area contributed by atoms with E-state index in [2.05, 4.69) is 10.2 Å². The van der Waals surface area contributed by atoms with E-state index in [1.807, 2.05) is 22.6 Å². The van der Waals surface area contributed by atoms with Gasteiger partial charge in [0.15, 0.2) is 0 Å². The fraction of sp³-hybridized carbons (Fsp3) is 0.200. The third kappa shape index (κ3) is 2.35. The summed E-state index contributed by atoms with van der Waals surface area (Å²) in [5.74, 6) is 0.419. The van der Waals surface area contributed by atoms with Crippen molar-refractivity contribution in [1.29, 1.82) is 0 Å². The first-order chi connectivity index (χ1) is 7.58. The van der Waals surface area contributed by atoms with E-state index in [4.69, 9.17) is 16.0 Å². The number of benzene rings is 1. The summed E-state index contributed by atoms with van der Waals surface area (Å²) in [6.07, 6.45) is 0. The van der Waals surface area contributed by atoms with Gasteiger partial charge in [-0.25, -0.2) is 4.39 Å². The summed E-state index contributed by atoms with van der Waals surface area (Å²) < 4.78 is 19.0. The van der Waals surface area contributed by atoms with Crippen LogP contribution in [-0.2, 0) is 0 Å². The normalized spacial score (nSPS) is 12.8. The van der Waals surface area contributed by atoms with Crippen LogP contribution in [0.3, 0.4) is 0 Å². The molecule has 2 aromatic rings. The smallest absolute Gasteiger partial charge is 0.248 e. The van der Waals surface area contributed by atoms with Gasteiger partial charge in [0.25, 0.3) is 0 Å². The number of hydrogen-bond acceptors (Lipinski definition) is 3. The van der Waals surface area contributed by atoms with Gasteiger partial charge in [0.1, 0.15) is 11.2 Å². The van der Waals surface area contributed by atoms with Crippen molar-refractivity contribution in [2.45, 2.75) is 12.3 Å². The largest absolute Gasteiger partial charge is 0.419 e. The molecule has 1 aromatic carbocycles. The predicted octanol–water partition coefficient (Wildman–Crippen LogP) is 3.78. The highest BCUT2D eigenvalue weighted by Gasteiger charge is 2.14. The van der Waals surface area contributed by atoms with Gasteiger partial charge in [0.05, 0.1) is 5.56 Å². The molecule has 16 heavy (non-hydrogen) atoms. The van der Waals surface area contributed by atoms with Crippen LogP contribution in [0.1, 0.15) is 18.2 Å². The molecule has 0 saturated heterocycles. The van der Waals surface area contributed by atoms with E-state index in [-0.39, 0.29) is 11.2 Å². The van der Waals surface area contributed by atoms with E-state index in [1.54, 1.807) is 13.0 Å². The Morgan fingerprint density at radius 2 is 2.19 bits per heavy atom. The summed E-state index contributed by atoms with van der Waals surface area (Å²) >= 11 is 7.83. The molecule has 3 nitrogen and oxygen atoms in total. The van der Waals surface area contributed by atoms with Crippen LogP contribution in [0.2, 0.25) is 0 Å². The molecule has 0 aliphatic heterocycles. The number of hydrogen-bond donors (Lipinski definition) is 0. The molecule has 0 amide bonds. The summed E-state index contributed by atoms with van der Waals surface area (Å²) in [4.78, 5) is 0. The number of halogens is 3. The van der Waals surface area contributed by atoms with Crippen LogP contribution in [0.5, 0.6) is 0 Å². The van der Waals surface area contributed by atoms with E-state index in [1.165, 1.54) is 12.1 Å². The summed E-state index contributed by atoms with van der Waals surface area (Å²) in [7, 11) is 0. The second-order valence-corrected chi connectivity index (χ2v) is 5.00. The Balaban J connectivity index is 2.42. The molecule has 1 heterocycles. The molecule has 1 unspecified atom stereocenters. The van der Waals surface area contributed by atoms with Crippen LogP contribution in [0.25, 0.3) is 11.5 Å². The van der Waals surface area contributed by atoms with Gasteiger partial charge in [0.2, 0.25) is 11.8 Å². The zero-order valence-electron chi connectivity index (χ0n) is 8.25. The number of nitrogens with zero attached hydrogens (tertiary/aromatic N) is 2. The summed E-state index contributed by atoms with van der Waals surface area (Å²) in [6, 6.07) is 4.36. The highest BCUT2D eigenvalue weighted by Crippen LogP contribution is 2.27. The first kappa shape index (κ1) is 11.8. The number of alkyl halides is 1. The first-order valence-electron chi connectivity index (χ1n) is 4.51. The molecule has 0 saturated carbocycles. The van der Waals surface area contributed by atoms with Crippen molar-refractivity contribution in [3.05, 3.63) is 33.5 Å². The highest BCUT2D eigenvalue weighted by molar-refractivity contribution is 14.1. The highest BCUT2D eigenvalue weighted by atomic mass is 127. The molecule has 1 atom stereocenters. The molecule has 0 radical (unpaired) electrons. The minimum Gasteiger partial charge on any atom is -0.419 e. The van der Waals surface area contributed by atoms with Gasteiger partial charge in [-0.15, -0.1) is 21.8 Å². The van der Waals surface area contributed by atoms with Gasteiger partial charge in [-0.2, -0.15) is 0 Å². The zero-order valence-corrected chi connectivity index (χ0v) is 11.2. The van der Waals surface area contributed by atoms with Gasteiger partial charge >= 0.3 is 0 Å². The van der Waals surface area contributed by atoms with Crippen molar-refractivity contribution in [3.8, 4) is 11.5 Å². The third-order valence-electron chi connectivity index (χ3n) is 1.94. The summed E-state index contributed by atoms with van der Waals surface area (Å²) in [6.45, 7) is 1.74. The van der Waals surface area contributed by atoms with Crippen LogP contribution in [-0.4, -0.2) is 10.2 Å². The van der Waals surface area contributed by atoms with Gasteiger partial charge in [-0.05, 0) is 47.7 Å². The topological polar surface area (TPSA) is 38.9 Å². The second-order valence-electron chi connectivity index (χ2n) is 3.19. The van der Waals surface area contributed by atoms with E-state index in [0.717, 1.165) is 3.57 Å². The van der Waals surface area contributed by atoms with Crippen molar-refractivity contribution >= 4 is 34.2 Å². The summed E-state index contributed by atoms with van der Waals surface area (Å²) in [5.41, 5.74) is 0.707. The van der Waals surface area contributed by atoms with Crippen LogP contribution in [0.4, 0.5) is 4.39 Å². The Kier molecular flexibility index (Phi) is 3.44. The zero-order chi connectivity index (χ0) is 11.7. The average Bonchev–Trinajstić information content (AvgIpc) is 2.66. The quantitative estimate of drug-likeness (QED) is 0.610. The Morgan fingerprint density at radius 3 is 2.75 bits per heavy atom. The lowest BCUT2D eigenvalue weighted by Crippen LogP contribution is -1.84. The molecule has 0 fully saturated rings. The fourth-order valence-corrected chi connectivity index (χ4v) is 1.96. The predicted molar refractivity (Wildman–Crippen MR) is 66.7 cm³/mol. The van der Waals surface area contributed by atoms with Crippen LogP contribution < -0.4 is 0 Å². The molecule has 6 heteroatoms. The molecule has 0 aliphatic carbocycles. The third-order valence-corrected chi connectivity index (χ3v) is 3.02. The van der Waals surface area contributed by atoms with Crippen molar-refractivity contribution in [2.75, 3.05) is 0 Å². The maximum Gasteiger partial charge on any atom is 0.248 e. The minimum absolute atomic E-state index is 0.293. The van der Waals surface area contributed by atoms with E-state index in [0.29, 0.717) is 17.3 Å². The van der Waals surface area contributed by atoms with Gasteiger partial charge in [0, 0.05) is 3.57 Å². The lowest BCUT2D eigenvalue weighted by atomic mass is 10.2. The van der Waals surface area contributed by atoms with E-state index >= 15 is 0 Å². The van der Waals surface area contributed by atoms with Gasteiger partial charge in [-0.3, -0.25) is 0 Å². The Labute approximate surface area is 110 Å². The molecular formula is C10H7ClFIN2O. The maximum absolute atomic E-state index is 12.9. The molecule has 0 bridgehead atoms. The SMILES string of the molecule is CC(Cl)c1nnc(-c2ccc(F)cc2I)o1. The van der Waals surface area contributed by atoms with Gasteiger partial charge < -0.3 is 4.42 Å². The lowest BCUT2D eigenvalue weighted by Gasteiger charge is -1.99. The molecule has 2 rings (SSSR count). The first-order valence-corrected chi connectivity index (χ1v) is 6.02. The van der Waals surface area contributed by atoms with Crippen molar-refractivity contribution in [1.82, 2.24) is 10.2 Å². The van der Waals surface area contributed by atoms with Crippen LogP contribution in [0.15, 0.2) is 22.6 Å². The Bertz CT molecular complexity index is 515. The fourth-order valence-electron chi connectivity index (χ4n) is 1.17. The summed E-state index contributed by atoms with van der Waals surface area (Å²) in [5, 5.41) is 7.35. The lowest BCUT2D eigenvalue weighted by molar-refractivity contribution is 0.506. The Morgan fingerprint density at radius 1 is 1.44 bits per heavy atom. The number of aromatic nitrogens is 2. The van der Waals surface area contributed by atoms with E-state index in [9.17, 15) is 4.39 Å². The maximum atomic E-state index is 12.9. The van der Waals surface area contributed by atoms with Crippen molar-refractivity contribution in [2.24, 2.45) is 0 Å². The standard InChI is InChI=1S/C10H7ClFIN2O/c1-5(11)9-14-15-10(16-9)7-3-2-6(12)4-8(7)13/h2-5H,1H3. The molecule has 0 aliphatic rings. The molecule has 1 aromatic heterocycles. The van der Waals surface area contributed by atoms with E-state index < -0.39 is 0 Å². The number of rotatable bonds is 2. The average molecular weight is 353 g/mol. The van der Waals surface area contributed by atoms with Gasteiger partial charge in [-0.1, -0.05) is 0 Å². The van der Waals surface area contributed by atoms with Crippen molar-refractivity contribution < 1.29 is 8.81 Å². The van der Waals surface area contributed by atoms with Crippen LogP contribution >= 0.6 is 34.2 Å². The second kappa shape index (κ2) is 4.67. The van der Waals surface area contributed by atoms with Crippen LogP contribution in [0, 0.1) is 9.39 Å². The molecule has 0 N–H and O–H groups in total. The molecular weight excluding hydrogens is 345 g/mol.